The predicted molar refractivity (Wildman–Crippen MR) is 74.9 cm³/mol. The van der Waals surface area contributed by atoms with E-state index in [1.54, 1.807) is 17.9 Å². The van der Waals surface area contributed by atoms with Crippen LogP contribution in [0.4, 0.5) is 13.2 Å². The molecule has 1 amide bonds. The average Bonchev–Trinajstić information content (AvgIpc) is 2.93. The van der Waals surface area contributed by atoms with E-state index >= 15 is 0 Å². The molecular weight excluding hydrogens is 297 g/mol. The van der Waals surface area contributed by atoms with Gasteiger partial charge in [0.1, 0.15) is 6.54 Å². The normalized spacial score (nSPS) is 19.7. The number of hydrogen-bond acceptors (Lipinski definition) is 3. The first-order valence-corrected chi connectivity index (χ1v) is 7.26. The van der Waals surface area contributed by atoms with Gasteiger partial charge in [-0.25, -0.2) is 0 Å². The summed E-state index contributed by atoms with van der Waals surface area (Å²) in [5.41, 5.74) is 0.943. The fourth-order valence-electron chi connectivity index (χ4n) is 2.82. The van der Waals surface area contributed by atoms with E-state index in [1.807, 2.05) is 24.9 Å². The lowest BCUT2D eigenvalue weighted by atomic mass is 10.1. The van der Waals surface area contributed by atoms with Crippen molar-refractivity contribution < 1.29 is 18.0 Å². The molecule has 22 heavy (non-hydrogen) atoms. The summed E-state index contributed by atoms with van der Waals surface area (Å²) >= 11 is 0. The maximum absolute atomic E-state index is 12.5. The minimum absolute atomic E-state index is 0.0555. The molecule has 1 aromatic rings. The van der Waals surface area contributed by atoms with Gasteiger partial charge in [-0.2, -0.15) is 18.3 Å². The summed E-state index contributed by atoms with van der Waals surface area (Å²) in [5, 5.41) is 4.08. The lowest BCUT2D eigenvalue weighted by Crippen LogP contribution is -2.46. The second-order valence-corrected chi connectivity index (χ2v) is 5.97. The molecule has 2 rings (SSSR count). The maximum atomic E-state index is 12.5. The minimum atomic E-state index is -4.35. The molecule has 0 spiro atoms. The Morgan fingerprint density at radius 3 is 2.64 bits per heavy atom. The van der Waals surface area contributed by atoms with Crippen molar-refractivity contribution in [3.63, 3.8) is 0 Å². The predicted octanol–water partition coefficient (Wildman–Crippen LogP) is 1.79. The van der Waals surface area contributed by atoms with E-state index in [-0.39, 0.29) is 12.6 Å². The lowest BCUT2D eigenvalue weighted by molar-refractivity contribution is -0.159. The van der Waals surface area contributed by atoms with Crippen LogP contribution >= 0.6 is 0 Å². The van der Waals surface area contributed by atoms with Crippen molar-refractivity contribution in [2.24, 2.45) is 7.05 Å². The molecule has 1 aliphatic rings. The van der Waals surface area contributed by atoms with Crippen LogP contribution in [0.25, 0.3) is 0 Å². The topological polar surface area (TPSA) is 41.4 Å². The molecule has 0 N–H and O–H groups in total. The van der Waals surface area contributed by atoms with Crippen LogP contribution in [0.5, 0.6) is 0 Å². The number of rotatable bonds is 5. The first kappa shape index (κ1) is 16.8. The van der Waals surface area contributed by atoms with Gasteiger partial charge >= 0.3 is 6.18 Å². The van der Waals surface area contributed by atoms with Gasteiger partial charge in [0.05, 0.1) is 12.2 Å². The molecule has 1 atom stereocenters. The highest BCUT2D eigenvalue weighted by atomic mass is 19.4. The highest BCUT2D eigenvalue weighted by molar-refractivity contribution is 5.84. The Morgan fingerprint density at radius 1 is 1.45 bits per heavy atom. The van der Waals surface area contributed by atoms with Gasteiger partial charge in [-0.3, -0.25) is 14.4 Å². The fraction of sp³-hybridized carbons (Fsp3) is 0.714. The van der Waals surface area contributed by atoms with E-state index < -0.39 is 24.7 Å². The first-order chi connectivity index (χ1) is 10.2. The van der Waals surface area contributed by atoms with Gasteiger partial charge in [-0.1, -0.05) is 0 Å². The van der Waals surface area contributed by atoms with Gasteiger partial charge in [-0.15, -0.1) is 0 Å². The first-order valence-electron chi connectivity index (χ1n) is 7.26. The quantitative estimate of drug-likeness (QED) is 0.831. The Morgan fingerprint density at radius 2 is 2.14 bits per heavy atom. The van der Waals surface area contributed by atoms with E-state index in [1.165, 1.54) is 0 Å². The van der Waals surface area contributed by atoms with Crippen LogP contribution in [0.2, 0.25) is 0 Å². The molecule has 1 fully saturated rings. The summed E-state index contributed by atoms with van der Waals surface area (Å²) < 4.78 is 39.2. The molecule has 0 bridgehead atoms. The molecular formula is C14H21F3N4O. The summed E-state index contributed by atoms with van der Waals surface area (Å²) in [6.45, 7) is 3.37. The van der Waals surface area contributed by atoms with E-state index in [0.717, 1.165) is 10.5 Å². The van der Waals surface area contributed by atoms with E-state index in [4.69, 9.17) is 0 Å². The number of carbonyl (C=O) groups excluding carboxylic acids is 1. The fourth-order valence-corrected chi connectivity index (χ4v) is 2.82. The third kappa shape index (κ3) is 4.00. The molecule has 5 nitrogen and oxygen atoms in total. The molecule has 0 radical (unpaired) electrons. The van der Waals surface area contributed by atoms with Gasteiger partial charge in [0.15, 0.2) is 0 Å². The molecule has 0 unspecified atom stereocenters. The Bertz CT molecular complexity index is 526. The molecule has 1 saturated heterocycles. The molecule has 1 aromatic heterocycles. The number of aromatic nitrogens is 2. The van der Waals surface area contributed by atoms with Crippen LogP contribution in [0, 0.1) is 0 Å². The van der Waals surface area contributed by atoms with Crippen molar-refractivity contribution in [2.45, 2.75) is 45.1 Å². The Hall–Kier alpha value is -1.57. The van der Waals surface area contributed by atoms with Crippen molar-refractivity contribution in [3.8, 4) is 0 Å². The second kappa shape index (κ2) is 6.28. The van der Waals surface area contributed by atoms with Gasteiger partial charge in [0.2, 0.25) is 5.91 Å². The van der Waals surface area contributed by atoms with Crippen LogP contribution in [0.3, 0.4) is 0 Å². The van der Waals surface area contributed by atoms with E-state index in [9.17, 15) is 18.0 Å². The molecule has 1 aliphatic heterocycles. The van der Waals surface area contributed by atoms with Crippen molar-refractivity contribution in [1.82, 2.24) is 19.6 Å². The van der Waals surface area contributed by atoms with Crippen LogP contribution in [0.15, 0.2) is 12.4 Å². The number of amides is 1. The standard InChI is InChI=1S/C14H21F3N4O/c1-10(2)21(8-11-6-18-19(3)7-11)12-4-5-20(13(12)22)9-14(15,16)17/h6-7,10,12H,4-5,8-9H2,1-3H3/t12-/m0/s1. The number of aryl methyl sites for hydroxylation is 1. The van der Waals surface area contributed by atoms with Crippen LogP contribution in [0.1, 0.15) is 25.8 Å². The summed E-state index contributed by atoms with van der Waals surface area (Å²) in [6, 6.07) is -0.442. The Balaban J connectivity index is 2.08. The molecule has 124 valence electrons. The molecule has 0 aromatic carbocycles. The van der Waals surface area contributed by atoms with Crippen molar-refractivity contribution >= 4 is 5.91 Å². The van der Waals surface area contributed by atoms with Gasteiger partial charge in [-0.05, 0) is 20.3 Å². The Kier molecular flexibility index (Phi) is 4.79. The van der Waals surface area contributed by atoms with Crippen LogP contribution in [-0.4, -0.2) is 56.8 Å². The number of nitrogens with zero attached hydrogens (tertiary/aromatic N) is 4. The summed E-state index contributed by atoms with van der Waals surface area (Å²) in [4.78, 5) is 15.1. The maximum Gasteiger partial charge on any atom is 0.406 e. The number of likely N-dealkylation sites (tertiary alicyclic amines) is 1. The van der Waals surface area contributed by atoms with Crippen molar-refractivity contribution in [1.29, 1.82) is 0 Å². The molecule has 8 heteroatoms. The number of alkyl halides is 3. The number of hydrogen-bond donors (Lipinski definition) is 0. The van der Waals surface area contributed by atoms with E-state index in [2.05, 4.69) is 5.10 Å². The van der Waals surface area contributed by atoms with Gasteiger partial charge < -0.3 is 4.90 Å². The smallest absolute Gasteiger partial charge is 0.332 e. The lowest BCUT2D eigenvalue weighted by Gasteiger charge is -2.31. The van der Waals surface area contributed by atoms with Gasteiger partial charge in [0, 0.05) is 37.9 Å². The summed E-state index contributed by atoms with van der Waals surface area (Å²) in [5.74, 6) is -0.435. The minimum Gasteiger partial charge on any atom is -0.332 e. The zero-order valence-electron chi connectivity index (χ0n) is 13.0. The zero-order valence-corrected chi connectivity index (χ0v) is 13.0. The average molecular weight is 318 g/mol. The SMILES string of the molecule is CC(C)N(Cc1cnn(C)c1)[C@H]1CCN(CC(F)(F)F)C1=O. The number of halogens is 3. The monoisotopic (exact) mass is 318 g/mol. The third-order valence-electron chi connectivity index (χ3n) is 3.83. The Labute approximate surface area is 127 Å². The zero-order chi connectivity index (χ0) is 16.5. The van der Waals surface area contributed by atoms with Crippen molar-refractivity contribution in [2.75, 3.05) is 13.1 Å². The largest absolute Gasteiger partial charge is 0.406 e. The van der Waals surface area contributed by atoms with Crippen LogP contribution < -0.4 is 0 Å². The highest BCUT2D eigenvalue weighted by Gasteiger charge is 2.42. The van der Waals surface area contributed by atoms with Gasteiger partial charge in [0.25, 0.3) is 0 Å². The third-order valence-corrected chi connectivity index (χ3v) is 3.83. The molecule has 0 saturated carbocycles. The van der Waals surface area contributed by atoms with E-state index in [0.29, 0.717) is 13.0 Å². The van der Waals surface area contributed by atoms with Crippen molar-refractivity contribution in [3.05, 3.63) is 18.0 Å². The highest BCUT2D eigenvalue weighted by Crippen LogP contribution is 2.25. The summed E-state index contributed by atoms with van der Waals surface area (Å²) in [6.07, 6.45) is -0.367. The molecule has 0 aliphatic carbocycles. The molecule has 2 heterocycles. The summed E-state index contributed by atoms with van der Waals surface area (Å²) in [7, 11) is 1.80. The second-order valence-electron chi connectivity index (χ2n) is 5.97. The van der Waals surface area contributed by atoms with Crippen LogP contribution in [-0.2, 0) is 18.4 Å². The number of carbonyl (C=O) groups is 1.